The number of anilines is 1. The van der Waals surface area contributed by atoms with Crippen molar-refractivity contribution < 1.29 is 4.79 Å². The summed E-state index contributed by atoms with van der Waals surface area (Å²) in [5.41, 5.74) is 6.38. The highest BCUT2D eigenvalue weighted by atomic mass is 35.5. The Morgan fingerprint density at radius 2 is 2.21 bits per heavy atom. The van der Waals surface area contributed by atoms with Gasteiger partial charge >= 0.3 is 0 Å². The van der Waals surface area contributed by atoms with Crippen molar-refractivity contribution in [3.63, 3.8) is 0 Å². The maximum Gasteiger partial charge on any atom is 0.233 e. The predicted octanol–water partition coefficient (Wildman–Crippen LogP) is 3.71. The van der Waals surface area contributed by atoms with Crippen LogP contribution in [-0.2, 0) is 4.79 Å². The average molecular weight is 301 g/mol. The molecule has 0 aliphatic rings. The van der Waals surface area contributed by atoms with E-state index in [0.717, 1.165) is 30.7 Å². The Labute approximate surface area is 124 Å². The Hall–Kier alpha value is -0.870. The molecule has 5 heteroatoms. The fourth-order valence-corrected chi connectivity index (χ4v) is 2.79. The second-order valence-electron chi connectivity index (χ2n) is 4.45. The Bertz CT molecular complexity index is 426. The van der Waals surface area contributed by atoms with E-state index in [0.29, 0.717) is 10.7 Å². The van der Waals surface area contributed by atoms with Crippen LogP contribution in [0.2, 0.25) is 5.02 Å². The molecule has 1 amide bonds. The number of carbonyl (C=O) groups is 1. The summed E-state index contributed by atoms with van der Waals surface area (Å²) >= 11 is 7.51. The highest BCUT2D eigenvalue weighted by Gasteiger charge is 2.15. The number of halogens is 1. The first-order valence-corrected chi connectivity index (χ1v) is 7.79. The molecule has 0 heterocycles. The van der Waals surface area contributed by atoms with Gasteiger partial charge in [0, 0.05) is 17.1 Å². The van der Waals surface area contributed by atoms with E-state index in [4.69, 9.17) is 17.3 Å². The highest BCUT2D eigenvalue weighted by molar-refractivity contribution is 8.00. The molecule has 19 heavy (non-hydrogen) atoms. The first-order chi connectivity index (χ1) is 9.04. The number of unbranched alkanes of at least 4 members (excludes halogenated alkanes) is 2. The normalized spacial score (nSPS) is 12.2. The maximum absolute atomic E-state index is 11.9. The molecular weight excluding hydrogens is 280 g/mol. The monoisotopic (exact) mass is 300 g/mol. The number of rotatable bonds is 7. The van der Waals surface area contributed by atoms with Gasteiger partial charge in [0.25, 0.3) is 0 Å². The van der Waals surface area contributed by atoms with E-state index in [1.54, 1.807) is 18.2 Å². The molecule has 0 aliphatic carbocycles. The molecule has 1 unspecified atom stereocenters. The third kappa shape index (κ3) is 5.74. The standard InChI is InChI=1S/C14H21ClN2OS/c1-3-4-5-8-17-14(18)10(2)19-13-9-11(16)6-7-12(13)15/h6-7,9-10H,3-5,8,16H2,1-2H3,(H,17,18). The van der Waals surface area contributed by atoms with Crippen molar-refractivity contribution in [3.05, 3.63) is 23.2 Å². The highest BCUT2D eigenvalue weighted by Crippen LogP contribution is 2.31. The zero-order valence-corrected chi connectivity index (χ0v) is 13.0. The van der Waals surface area contributed by atoms with Gasteiger partial charge in [0.1, 0.15) is 0 Å². The van der Waals surface area contributed by atoms with Crippen molar-refractivity contribution in [1.82, 2.24) is 5.32 Å². The molecule has 0 saturated carbocycles. The van der Waals surface area contributed by atoms with Gasteiger partial charge in [-0.15, -0.1) is 11.8 Å². The van der Waals surface area contributed by atoms with E-state index in [1.165, 1.54) is 11.8 Å². The minimum atomic E-state index is -0.180. The number of hydrogen-bond acceptors (Lipinski definition) is 3. The largest absolute Gasteiger partial charge is 0.399 e. The summed E-state index contributed by atoms with van der Waals surface area (Å²) in [6.45, 7) is 4.75. The molecule has 1 atom stereocenters. The van der Waals surface area contributed by atoms with Gasteiger partial charge in [0.2, 0.25) is 5.91 Å². The summed E-state index contributed by atoms with van der Waals surface area (Å²) in [4.78, 5) is 12.7. The Morgan fingerprint density at radius 1 is 1.47 bits per heavy atom. The lowest BCUT2D eigenvalue weighted by Crippen LogP contribution is -2.31. The van der Waals surface area contributed by atoms with Crippen LogP contribution >= 0.6 is 23.4 Å². The van der Waals surface area contributed by atoms with Crippen LogP contribution in [0.25, 0.3) is 0 Å². The Balaban J connectivity index is 2.47. The summed E-state index contributed by atoms with van der Waals surface area (Å²) in [5.74, 6) is 0.0413. The van der Waals surface area contributed by atoms with E-state index in [-0.39, 0.29) is 11.2 Å². The zero-order chi connectivity index (χ0) is 14.3. The van der Waals surface area contributed by atoms with Gasteiger partial charge in [0.05, 0.1) is 10.3 Å². The van der Waals surface area contributed by atoms with Gasteiger partial charge in [-0.25, -0.2) is 0 Å². The lowest BCUT2D eigenvalue weighted by atomic mass is 10.2. The quantitative estimate of drug-likeness (QED) is 0.458. The summed E-state index contributed by atoms with van der Waals surface area (Å²) in [6, 6.07) is 5.31. The van der Waals surface area contributed by atoms with Gasteiger partial charge in [-0.05, 0) is 31.5 Å². The van der Waals surface area contributed by atoms with Gasteiger partial charge in [-0.1, -0.05) is 31.4 Å². The van der Waals surface area contributed by atoms with Crippen molar-refractivity contribution in [2.45, 2.75) is 43.3 Å². The molecular formula is C14H21ClN2OS. The number of thioether (sulfide) groups is 1. The molecule has 0 saturated heterocycles. The fraction of sp³-hybridized carbons (Fsp3) is 0.500. The van der Waals surface area contributed by atoms with Crippen LogP contribution in [0.5, 0.6) is 0 Å². The van der Waals surface area contributed by atoms with E-state index in [2.05, 4.69) is 12.2 Å². The van der Waals surface area contributed by atoms with Crippen molar-refractivity contribution in [2.24, 2.45) is 0 Å². The molecule has 0 bridgehead atoms. The number of nitrogen functional groups attached to an aromatic ring is 1. The van der Waals surface area contributed by atoms with Gasteiger partial charge in [-0.3, -0.25) is 4.79 Å². The van der Waals surface area contributed by atoms with Crippen LogP contribution in [-0.4, -0.2) is 17.7 Å². The van der Waals surface area contributed by atoms with Crippen molar-refractivity contribution >= 4 is 35.0 Å². The summed E-state index contributed by atoms with van der Waals surface area (Å²) in [6.07, 6.45) is 3.32. The molecule has 0 spiro atoms. The number of nitrogens with two attached hydrogens (primary N) is 1. The second-order valence-corrected chi connectivity index (χ2v) is 6.24. The molecule has 106 valence electrons. The number of hydrogen-bond donors (Lipinski definition) is 2. The third-order valence-electron chi connectivity index (χ3n) is 2.71. The summed E-state index contributed by atoms with van der Waals surface area (Å²) in [5, 5.41) is 3.39. The van der Waals surface area contributed by atoms with E-state index < -0.39 is 0 Å². The topological polar surface area (TPSA) is 55.1 Å². The minimum absolute atomic E-state index is 0.0413. The van der Waals surface area contributed by atoms with Crippen LogP contribution in [0.3, 0.4) is 0 Å². The molecule has 0 radical (unpaired) electrons. The van der Waals surface area contributed by atoms with Crippen LogP contribution in [0.15, 0.2) is 23.1 Å². The molecule has 0 aliphatic heterocycles. The summed E-state index contributed by atoms with van der Waals surface area (Å²) in [7, 11) is 0. The van der Waals surface area contributed by atoms with E-state index >= 15 is 0 Å². The average Bonchev–Trinajstić information content (AvgIpc) is 2.38. The summed E-state index contributed by atoms with van der Waals surface area (Å²) < 4.78 is 0. The molecule has 0 aromatic heterocycles. The number of amides is 1. The predicted molar refractivity (Wildman–Crippen MR) is 83.7 cm³/mol. The number of carbonyl (C=O) groups excluding carboxylic acids is 1. The van der Waals surface area contributed by atoms with Crippen LogP contribution in [0, 0.1) is 0 Å². The lowest BCUT2D eigenvalue weighted by molar-refractivity contribution is -0.120. The van der Waals surface area contributed by atoms with Crippen molar-refractivity contribution in [1.29, 1.82) is 0 Å². The molecule has 3 N–H and O–H groups in total. The van der Waals surface area contributed by atoms with E-state index in [9.17, 15) is 4.79 Å². The van der Waals surface area contributed by atoms with Crippen LogP contribution in [0.1, 0.15) is 33.1 Å². The number of nitrogens with one attached hydrogen (secondary N) is 1. The lowest BCUT2D eigenvalue weighted by Gasteiger charge is -2.13. The molecule has 1 aromatic rings. The number of benzene rings is 1. The Morgan fingerprint density at radius 3 is 2.89 bits per heavy atom. The molecule has 1 rings (SSSR count). The molecule has 0 fully saturated rings. The zero-order valence-electron chi connectivity index (χ0n) is 11.4. The maximum atomic E-state index is 11.9. The smallest absolute Gasteiger partial charge is 0.233 e. The molecule has 3 nitrogen and oxygen atoms in total. The fourth-order valence-electron chi connectivity index (χ4n) is 1.58. The van der Waals surface area contributed by atoms with Crippen molar-refractivity contribution in [2.75, 3.05) is 12.3 Å². The van der Waals surface area contributed by atoms with Gasteiger partial charge < -0.3 is 11.1 Å². The Kier molecular flexibility index (Phi) is 7.10. The molecule has 1 aromatic carbocycles. The van der Waals surface area contributed by atoms with Crippen molar-refractivity contribution in [3.8, 4) is 0 Å². The van der Waals surface area contributed by atoms with Gasteiger partial charge in [-0.2, -0.15) is 0 Å². The van der Waals surface area contributed by atoms with Crippen LogP contribution < -0.4 is 11.1 Å². The first kappa shape index (κ1) is 16.2. The van der Waals surface area contributed by atoms with Gasteiger partial charge in [0.15, 0.2) is 0 Å². The third-order valence-corrected chi connectivity index (χ3v) is 4.31. The van der Waals surface area contributed by atoms with E-state index in [1.807, 2.05) is 6.92 Å². The minimum Gasteiger partial charge on any atom is -0.399 e. The SMILES string of the molecule is CCCCCNC(=O)C(C)Sc1cc(N)ccc1Cl. The second kappa shape index (κ2) is 8.33. The van der Waals surface area contributed by atoms with Crippen LogP contribution in [0.4, 0.5) is 5.69 Å². The first-order valence-electron chi connectivity index (χ1n) is 6.54.